The van der Waals surface area contributed by atoms with E-state index in [4.69, 9.17) is 5.11 Å². The Labute approximate surface area is 137 Å². The summed E-state index contributed by atoms with van der Waals surface area (Å²) in [5.41, 5.74) is 2.00. The van der Waals surface area contributed by atoms with Gasteiger partial charge in [-0.15, -0.1) is 0 Å². The Hall–Kier alpha value is -1.92. The van der Waals surface area contributed by atoms with Crippen LogP contribution in [-0.2, 0) is 23.0 Å². The number of aromatic carboxylic acids is 1. The summed E-state index contributed by atoms with van der Waals surface area (Å²) in [6.07, 6.45) is 6.20. The van der Waals surface area contributed by atoms with Crippen molar-refractivity contribution in [3.05, 3.63) is 58.0 Å². The average Bonchev–Trinajstić information content (AvgIpc) is 2.53. The molecule has 1 aromatic carbocycles. The lowest BCUT2D eigenvalue weighted by Crippen LogP contribution is -2.36. The molecule has 1 N–H and O–H groups in total. The lowest BCUT2D eigenvalue weighted by Gasteiger charge is -2.28. The first-order valence-electron chi connectivity index (χ1n) is 7.58. The average molecular weight is 335 g/mol. The maximum absolute atomic E-state index is 12.8. The second-order valence-electron chi connectivity index (χ2n) is 5.39. The first-order valence-corrected chi connectivity index (χ1v) is 9.02. The van der Waals surface area contributed by atoms with E-state index in [2.05, 4.69) is 0 Å². The van der Waals surface area contributed by atoms with Crippen LogP contribution in [0.4, 0.5) is 0 Å². The van der Waals surface area contributed by atoms with Crippen molar-refractivity contribution in [2.45, 2.75) is 33.2 Å². The van der Waals surface area contributed by atoms with Crippen molar-refractivity contribution < 1.29 is 18.3 Å². The van der Waals surface area contributed by atoms with E-state index in [1.165, 1.54) is 10.4 Å². The maximum atomic E-state index is 12.8. The summed E-state index contributed by atoms with van der Waals surface area (Å²) >= 11 is 0. The van der Waals surface area contributed by atoms with Gasteiger partial charge in [0.15, 0.2) is 0 Å². The van der Waals surface area contributed by atoms with E-state index in [9.17, 15) is 13.2 Å². The van der Waals surface area contributed by atoms with Gasteiger partial charge in [0, 0.05) is 13.1 Å². The van der Waals surface area contributed by atoms with Crippen molar-refractivity contribution in [3.63, 3.8) is 0 Å². The van der Waals surface area contributed by atoms with Gasteiger partial charge in [0.1, 0.15) is 0 Å². The van der Waals surface area contributed by atoms with Crippen molar-refractivity contribution in [2.24, 2.45) is 0 Å². The van der Waals surface area contributed by atoms with Crippen LogP contribution in [0.5, 0.6) is 0 Å². The van der Waals surface area contributed by atoms with Gasteiger partial charge in [-0.2, -0.15) is 4.31 Å². The van der Waals surface area contributed by atoms with E-state index in [0.717, 1.165) is 11.1 Å². The molecule has 0 aliphatic carbocycles. The molecule has 23 heavy (non-hydrogen) atoms. The molecule has 1 aliphatic heterocycles. The van der Waals surface area contributed by atoms with Crippen LogP contribution < -0.4 is 0 Å². The fourth-order valence-electron chi connectivity index (χ4n) is 2.64. The number of hydrogen-bond acceptors (Lipinski definition) is 3. The summed E-state index contributed by atoms with van der Waals surface area (Å²) in [5, 5.41) is 9.04. The quantitative estimate of drug-likeness (QED) is 0.840. The number of rotatable bonds is 5. The molecule has 0 aromatic heterocycles. The van der Waals surface area contributed by atoms with Gasteiger partial charge in [0.2, 0.25) is 10.0 Å². The summed E-state index contributed by atoms with van der Waals surface area (Å²) in [5.74, 6) is -0.968. The van der Waals surface area contributed by atoms with Gasteiger partial charge in [-0.1, -0.05) is 25.1 Å². The summed E-state index contributed by atoms with van der Waals surface area (Å²) in [6, 6.07) is 4.86. The summed E-state index contributed by atoms with van der Waals surface area (Å²) < 4.78 is 27.0. The number of benzene rings is 1. The predicted octanol–water partition coefficient (Wildman–Crippen LogP) is 2.94. The Morgan fingerprint density at radius 2 is 2.09 bits per heavy atom. The number of fused-ring (bicyclic) bond motifs is 1. The van der Waals surface area contributed by atoms with Gasteiger partial charge >= 0.3 is 5.97 Å². The zero-order chi connectivity index (χ0) is 17.0. The third-order valence-electron chi connectivity index (χ3n) is 3.80. The Morgan fingerprint density at radius 1 is 1.35 bits per heavy atom. The third kappa shape index (κ3) is 3.71. The molecule has 0 saturated carbocycles. The van der Waals surface area contributed by atoms with Crippen molar-refractivity contribution in [1.82, 2.24) is 4.31 Å². The van der Waals surface area contributed by atoms with Crippen LogP contribution in [0.1, 0.15) is 41.8 Å². The number of carboxylic acids is 1. The van der Waals surface area contributed by atoms with E-state index >= 15 is 0 Å². The molecule has 1 aromatic rings. The minimum Gasteiger partial charge on any atom is -0.478 e. The highest BCUT2D eigenvalue weighted by atomic mass is 32.2. The van der Waals surface area contributed by atoms with Crippen LogP contribution in [0.25, 0.3) is 0 Å². The molecule has 0 unspecified atom stereocenters. The molecule has 2 rings (SSSR count). The minimum absolute atomic E-state index is 0.237. The lowest BCUT2D eigenvalue weighted by molar-refractivity contribution is 0.0696. The molecule has 0 bridgehead atoms. The highest BCUT2D eigenvalue weighted by Gasteiger charge is 2.29. The van der Waals surface area contributed by atoms with Crippen LogP contribution in [0.2, 0.25) is 0 Å². The molecular weight excluding hydrogens is 314 g/mol. The topological polar surface area (TPSA) is 74.7 Å². The van der Waals surface area contributed by atoms with Gasteiger partial charge in [-0.3, -0.25) is 0 Å². The molecule has 0 amide bonds. The zero-order valence-electron chi connectivity index (χ0n) is 13.3. The number of carbonyl (C=O) groups is 1. The SMILES string of the molecule is C/C=C\C(=C/CC)S(=O)(=O)N1CCc2cc(C(=O)O)ccc2C1. The number of sulfonamides is 1. The van der Waals surface area contributed by atoms with Crippen molar-refractivity contribution in [3.8, 4) is 0 Å². The van der Waals surface area contributed by atoms with Crippen LogP contribution in [0.15, 0.2) is 41.3 Å². The Morgan fingerprint density at radius 3 is 2.70 bits per heavy atom. The molecule has 0 spiro atoms. The predicted molar refractivity (Wildman–Crippen MR) is 89.6 cm³/mol. The molecule has 1 aliphatic rings. The molecular formula is C17H21NO4S. The molecule has 0 saturated heterocycles. The highest BCUT2D eigenvalue weighted by Crippen LogP contribution is 2.26. The monoisotopic (exact) mass is 335 g/mol. The first kappa shape index (κ1) is 17.4. The van der Waals surface area contributed by atoms with Crippen LogP contribution in [0, 0.1) is 0 Å². The van der Waals surface area contributed by atoms with E-state index in [0.29, 0.717) is 24.3 Å². The number of hydrogen-bond donors (Lipinski definition) is 1. The largest absolute Gasteiger partial charge is 0.478 e. The highest BCUT2D eigenvalue weighted by molar-refractivity contribution is 7.93. The maximum Gasteiger partial charge on any atom is 0.335 e. The lowest BCUT2D eigenvalue weighted by atomic mass is 9.98. The molecule has 0 fully saturated rings. The number of nitrogens with zero attached hydrogens (tertiary/aromatic N) is 1. The molecule has 0 atom stereocenters. The Bertz CT molecular complexity index is 763. The smallest absolute Gasteiger partial charge is 0.335 e. The molecule has 5 nitrogen and oxygen atoms in total. The summed E-state index contributed by atoms with van der Waals surface area (Å²) in [7, 11) is -3.53. The van der Waals surface area contributed by atoms with Gasteiger partial charge < -0.3 is 5.11 Å². The molecule has 124 valence electrons. The van der Waals surface area contributed by atoms with E-state index < -0.39 is 16.0 Å². The third-order valence-corrected chi connectivity index (χ3v) is 5.69. The Balaban J connectivity index is 2.31. The van der Waals surface area contributed by atoms with Gasteiger partial charge in [-0.25, -0.2) is 13.2 Å². The van der Waals surface area contributed by atoms with Crippen LogP contribution in [0.3, 0.4) is 0 Å². The normalized spacial score (nSPS) is 16.5. The van der Waals surface area contributed by atoms with Gasteiger partial charge in [0.05, 0.1) is 10.5 Å². The second-order valence-corrected chi connectivity index (χ2v) is 7.33. The summed E-state index contributed by atoms with van der Waals surface area (Å²) in [6.45, 7) is 4.32. The van der Waals surface area contributed by atoms with Crippen molar-refractivity contribution in [1.29, 1.82) is 0 Å². The van der Waals surface area contributed by atoms with E-state index in [-0.39, 0.29) is 12.1 Å². The van der Waals surface area contributed by atoms with Gasteiger partial charge in [0.25, 0.3) is 0 Å². The number of carboxylic acid groups (broad SMARTS) is 1. The fourth-order valence-corrected chi connectivity index (χ4v) is 4.26. The Kier molecular flexibility index (Phi) is 5.38. The first-order chi connectivity index (χ1) is 10.9. The summed E-state index contributed by atoms with van der Waals surface area (Å²) in [4.78, 5) is 11.3. The standard InChI is InChI=1S/C17H21NO4S/c1-3-5-16(6-4-2)23(21,22)18-10-9-13-11-14(17(19)20)7-8-15(13)12-18/h3,5-8,11H,4,9-10,12H2,1-2H3,(H,19,20)/b5-3-,16-6+. The fraction of sp³-hybridized carbons (Fsp3) is 0.353. The van der Waals surface area contributed by atoms with Crippen LogP contribution >= 0.6 is 0 Å². The van der Waals surface area contributed by atoms with E-state index in [1.807, 2.05) is 6.92 Å². The molecule has 0 radical (unpaired) electrons. The van der Waals surface area contributed by atoms with Crippen molar-refractivity contribution >= 4 is 16.0 Å². The van der Waals surface area contributed by atoms with Crippen LogP contribution in [-0.4, -0.2) is 30.3 Å². The van der Waals surface area contributed by atoms with Crippen molar-refractivity contribution in [2.75, 3.05) is 6.54 Å². The molecule has 6 heteroatoms. The number of allylic oxidation sites excluding steroid dienone is 3. The molecule has 1 heterocycles. The minimum atomic E-state index is -3.53. The zero-order valence-corrected chi connectivity index (χ0v) is 14.1. The van der Waals surface area contributed by atoms with E-state index in [1.54, 1.807) is 37.3 Å². The second kappa shape index (κ2) is 7.10. The van der Waals surface area contributed by atoms with Gasteiger partial charge in [-0.05, 0) is 49.1 Å².